The van der Waals surface area contributed by atoms with Gasteiger partial charge in [-0.2, -0.15) is 10.2 Å². The van der Waals surface area contributed by atoms with Crippen molar-refractivity contribution >= 4 is 68.2 Å². The zero-order valence-electron chi connectivity index (χ0n) is 39.1. The van der Waals surface area contributed by atoms with Crippen molar-refractivity contribution in [3.05, 3.63) is 142 Å². The van der Waals surface area contributed by atoms with Crippen molar-refractivity contribution in [2.24, 2.45) is 10.2 Å². The summed E-state index contributed by atoms with van der Waals surface area (Å²) in [5.74, 6) is -6.36. The summed E-state index contributed by atoms with van der Waals surface area (Å²) >= 11 is 1.94. The van der Waals surface area contributed by atoms with Crippen LogP contribution in [0.25, 0.3) is 20.9 Å². The Morgan fingerprint density at radius 1 is 0.514 bits per heavy atom. The minimum atomic E-state index is -1.35. The molecule has 6 aromatic rings. The number of hydrogen-bond donors (Lipinski definition) is 2. The number of thiophene rings is 2. The third-order valence-electron chi connectivity index (χ3n) is 10.4. The van der Waals surface area contributed by atoms with Gasteiger partial charge in [0.25, 0.3) is 0 Å². The van der Waals surface area contributed by atoms with Crippen molar-refractivity contribution in [3.8, 4) is 20.9 Å². The Labute approximate surface area is 409 Å². The Morgan fingerprint density at radius 2 is 0.843 bits per heavy atom. The summed E-state index contributed by atoms with van der Waals surface area (Å²) in [6, 6.07) is 20.0. The molecule has 2 aromatic heterocycles. The zero-order valence-corrected chi connectivity index (χ0v) is 40.7. The van der Waals surface area contributed by atoms with E-state index in [0.717, 1.165) is 56.7 Å². The summed E-state index contributed by atoms with van der Waals surface area (Å²) in [5, 5.41) is 29.8. The van der Waals surface area contributed by atoms with E-state index >= 15 is 0 Å². The first-order chi connectivity index (χ1) is 33.4. The number of rotatable bonds is 20. The van der Waals surface area contributed by atoms with E-state index in [9.17, 15) is 47.0 Å². The maximum absolute atomic E-state index is 15.0. The lowest BCUT2D eigenvalue weighted by molar-refractivity contribution is 0.0685. The third kappa shape index (κ3) is 12.2. The molecule has 0 unspecified atom stereocenters. The number of carbonyl (C=O) groups excluding carboxylic acids is 2. The van der Waals surface area contributed by atoms with Crippen LogP contribution in [0.2, 0.25) is 0 Å². The van der Waals surface area contributed by atoms with E-state index in [2.05, 4.69) is 10.2 Å². The fraction of sp³-hybridized carbons (Fsp3) is 0.280. The predicted molar refractivity (Wildman–Crippen MR) is 261 cm³/mol. The molecule has 0 bridgehead atoms. The molecule has 0 saturated carbocycles. The molecule has 2 amide bonds. The van der Waals surface area contributed by atoms with Gasteiger partial charge in [-0.25, -0.2) is 36.7 Å². The molecular formula is C50H50F4N6O8S2. The first-order valence-electron chi connectivity index (χ1n) is 21.9. The molecule has 2 heterocycles. The maximum atomic E-state index is 15.0. The Bertz CT molecular complexity index is 2660. The summed E-state index contributed by atoms with van der Waals surface area (Å²) in [4.78, 5) is 59.5. The maximum Gasteiger partial charge on any atom is 0.415 e. The van der Waals surface area contributed by atoms with Gasteiger partial charge in [-0.15, -0.1) is 22.7 Å². The predicted octanol–water partition coefficient (Wildman–Crippen LogP) is 12.7. The average Bonchev–Trinajstić information content (AvgIpc) is 3.87. The summed E-state index contributed by atoms with van der Waals surface area (Å²) in [6.45, 7) is 2.52. The summed E-state index contributed by atoms with van der Waals surface area (Å²) < 4.78 is 70.6. The SMILES string of the molecule is CCCOC(=O)N(Cc1c(F)cccc1F)c1sc(-c2ccc(N=Nc3ccc(-c4sc(N(Cc5c(F)cccc5F)C(=O)OCCC)c(C(=O)O)c4CN(C)C)cc3)cc2)c(CN(C)C)c1C(=O)O. The van der Waals surface area contributed by atoms with Crippen LogP contribution in [-0.4, -0.2) is 85.5 Å². The van der Waals surface area contributed by atoms with Gasteiger partial charge in [-0.1, -0.05) is 50.2 Å². The minimum absolute atomic E-state index is 0.0114. The van der Waals surface area contributed by atoms with Crippen molar-refractivity contribution in [2.45, 2.75) is 52.9 Å². The van der Waals surface area contributed by atoms with Crippen molar-refractivity contribution in [2.75, 3.05) is 51.2 Å². The first-order valence-corrected chi connectivity index (χ1v) is 23.5. The molecule has 14 nitrogen and oxygen atoms in total. The molecule has 70 heavy (non-hydrogen) atoms. The van der Waals surface area contributed by atoms with Gasteiger partial charge >= 0.3 is 24.1 Å². The second kappa shape index (κ2) is 23.5. The topological polar surface area (TPSA) is 165 Å². The molecule has 0 aliphatic heterocycles. The summed E-state index contributed by atoms with van der Waals surface area (Å²) in [7, 11) is 7.00. The van der Waals surface area contributed by atoms with E-state index in [0.29, 0.717) is 56.2 Å². The zero-order chi connectivity index (χ0) is 50.8. The van der Waals surface area contributed by atoms with Gasteiger partial charge in [0, 0.05) is 45.1 Å². The molecule has 368 valence electrons. The average molecular weight is 1000 g/mol. The molecule has 4 aromatic carbocycles. The molecule has 20 heteroatoms. The number of carbonyl (C=O) groups is 4. The lowest BCUT2D eigenvalue weighted by Gasteiger charge is -2.22. The molecule has 0 atom stereocenters. The van der Waals surface area contributed by atoms with E-state index < -0.39 is 71.6 Å². The highest BCUT2D eigenvalue weighted by atomic mass is 32.1. The van der Waals surface area contributed by atoms with E-state index in [1.54, 1.807) is 100 Å². The van der Waals surface area contributed by atoms with Gasteiger partial charge in [0.15, 0.2) is 0 Å². The number of benzene rings is 4. The standard InChI is InChI=1S/C50H50F4N6O8S2/c1-7-23-67-49(65)59(27-33-37(51)11-9-12-38(33)52)45-41(47(61)62)35(25-57(3)4)43(69-45)29-15-19-31(20-16-29)55-56-32-21-17-30(18-22-32)44-36(26-58(5)6)42(48(63)64)46(70-44)60(50(66)68-24-8-2)28-34-39(53)13-10-14-40(34)54/h9-22H,7-8,23-28H2,1-6H3,(H,61,62)(H,63,64). The molecule has 0 aliphatic carbocycles. The van der Waals surface area contributed by atoms with Crippen LogP contribution in [0.4, 0.5) is 48.5 Å². The van der Waals surface area contributed by atoms with Crippen molar-refractivity contribution in [1.29, 1.82) is 0 Å². The smallest absolute Gasteiger partial charge is 0.415 e. The van der Waals surface area contributed by atoms with Crippen molar-refractivity contribution < 1.29 is 56.4 Å². The Morgan fingerprint density at radius 3 is 1.13 bits per heavy atom. The molecule has 0 radical (unpaired) electrons. The Balaban J connectivity index is 1.33. The van der Waals surface area contributed by atoms with Crippen LogP contribution in [0.15, 0.2) is 95.2 Å². The van der Waals surface area contributed by atoms with Crippen LogP contribution >= 0.6 is 22.7 Å². The molecular weight excluding hydrogens is 953 g/mol. The number of azo groups is 1. The number of amides is 2. The van der Waals surface area contributed by atoms with Gasteiger partial charge in [0.2, 0.25) is 0 Å². The molecule has 0 spiro atoms. The van der Waals surface area contributed by atoms with E-state index in [-0.39, 0.29) is 47.4 Å². The van der Waals surface area contributed by atoms with Crippen molar-refractivity contribution in [3.63, 3.8) is 0 Å². The van der Waals surface area contributed by atoms with Gasteiger partial charge < -0.3 is 29.5 Å². The Hall–Kier alpha value is -7.00. The van der Waals surface area contributed by atoms with Crippen molar-refractivity contribution in [1.82, 2.24) is 9.80 Å². The number of carboxylic acids is 2. The van der Waals surface area contributed by atoms with E-state index in [4.69, 9.17) is 9.47 Å². The monoisotopic (exact) mass is 1000 g/mol. The van der Waals surface area contributed by atoms with Gasteiger partial charge in [0.1, 0.15) is 33.3 Å². The van der Waals surface area contributed by atoms with Gasteiger partial charge in [-0.3, -0.25) is 9.80 Å². The molecule has 0 aliphatic rings. The minimum Gasteiger partial charge on any atom is -0.478 e. The Kier molecular flexibility index (Phi) is 17.6. The fourth-order valence-corrected chi connectivity index (χ4v) is 9.85. The van der Waals surface area contributed by atoms with Gasteiger partial charge in [-0.05, 0) is 101 Å². The van der Waals surface area contributed by atoms with E-state index in [1.807, 2.05) is 0 Å². The first kappa shape index (κ1) is 52.4. The normalized spacial score (nSPS) is 11.4. The number of carboxylic acid groups (broad SMARTS) is 2. The number of aromatic carboxylic acids is 2. The second-order valence-electron chi connectivity index (χ2n) is 16.4. The fourth-order valence-electron chi connectivity index (χ4n) is 7.26. The van der Waals surface area contributed by atoms with E-state index in [1.165, 1.54) is 12.1 Å². The van der Waals surface area contributed by atoms with Crippen LogP contribution in [0, 0.1) is 23.3 Å². The summed E-state index contributed by atoms with van der Waals surface area (Å²) in [6.07, 6.45) is -1.04. The lowest BCUT2D eigenvalue weighted by Crippen LogP contribution is -2.32. The highest BCUT2D eigenvalue weighted by Gasteiger charge is 2.34. The quantitative estimate of drug-likeness (QED) is 0.0555. The highest BCUT2D eigenvalue weighted by Crippen LogP contribution is 2.46. The number of ether oxygens (including phenoxy) is 2. The lowest BCUT2D eigenvalue weighted by atomic mass is 10.0. The molecule has 0 saturated heterocycles. The number of halogens is 4. The van der Waals surface area contributed by atoms with Gasteiger partial charge in [0.05, 0.1) is 48.8 Å². The van der Waals surface area contributed by atoms with Crippen LogP contribution in [0.1, 0.15) is 69.7 Å². The highest BCUT2D eigenvalue weighted by molar-refractivity contribution is 7.20. The number of nitrogens with zero attached hydrogens (tertiary/aromatic N) is 6. The van der Waals surface area contributed by atoms with Crippen LogP contribution in [0.3, 0.4) is 0 Å². The van der Waals surface area contributed by atoms with Crippen LogP contribution < -0.4 is 9.80 Å². The molecule has 2 N–H and O–H groups in total. The molecule has 6 rings (SSSR count). The number of hydrogen-bond acceptors (Lipinski definition) is 12. The summed E-state index contributed by atoms with van der Waals surface area (Å²) in [5.41, 5.74) is 1.38. The van der Waals surface area contributed by atoms with Crippen LogP contribution in [-0.2, 0) is 35.7 Å². The molecule has 0 fully saturated rings. The largest absolute Gasteiger partial charge is 0.478 e. The third-order valence-corrected chi connectivity index (χ3v) is 13.0. The van der Waals surface area contributed by atoms with Crippen LogP contribution in [0.5, 0.6) is 0 Å². The number of anilines is 2. The second-order valence-corrected chi connectivity index (χ2v) is 18.4.